The number of pyridine rings is 1. The molecular weight excluding hydrogens is 288 g/mol. The molecule has 0 unspecified atom stereocenters. The maximum Gasteiger partial charge on any atom is 0.193 e. The molecule has 0 amide bonds. The van der Waals surface area contributed by atoms with E-state index >= 15 is 0 Å². The van der Waals surface area contributed by atoms with Gasteiger partial charge >= 0.3 is 0 Å². The lowest BCUT2D eigenvalue weighted by molar-refractivity contribution is 0.281. The van der Waals surface area contributed by atoms with Crippen LogP contribution in [0.5, 0.6) is 5.75 Å². The molecule has 1 aromatic heterocycles. The first-order valence-electron chi connectivity index (χ1n) is 7.79. The summed E-state index contributed by atoms with van der Waals surface area (Å²) in [6.07, 6.45) is 2.69. The lowest BCUT2D eigenvalue weighted by atomic mass is 10.3. The van der Waals surface area contributed by atoms with Gasteiger partial charge in [0.05, 0.1) is 6.54 Å². The summed E-state index contributed by atoms with van der Waals surface area (Å²) in [7, 11) is 3.79. The summed E-state index contributed by atoms with van der Waals surface area (Å²) in [5, 5.41) is 3.35. The van der Waals surface area contributed by atoms with Gasteiger partial charge in [-0.2, -0.15) is 0 Å². The molecule has 0 aliphatic rings. The standard InChI is InChI=1S/C18H24N4O/c1-19-18(21-13-11-16-8-6-7-12-20-16)22(2)14-15-23-17-9-4-3-5-10-17/h3-10,12H,11,13-15H2,1-2H3,(H,19,21). The van der Waals surface area contributed by atoms with Crippen LogP contribution in [0.25, 0.3) is 0 Å². The Morgan fingerprint density at radius 3 is 2.65 bits per heavy atom. The van der Waals surface area contributed by atoms with E-state index in [9.17, 15) is 0 Å². The lowest BCUT2D eigenvalue weighted by Crippen LogP contribution is -2.41. The van der Waals surface area contributed by atoms with Crippen LogP contribution in [-0.4, -0.2) is 49.6 Å². The number of aliphatic imine (C=N–C) groups is 1. The summed E-state index contributed by atoms with van der Waals surface area (Å²) in [6, 6.07) is 15.8. The molecule has 0 aliphatic heterocycles. The maximum absolute atomic E-state index is 5.71. The predicted molar refractivity (Wildman–Crippen MR) is 93.9 cm³/mol. The zero-order valence-electron chi connectivity index (χ0n) is 13.8. The van der Waals surface area contributed by atoms with Crippen LogP contribution in [0.3, 0.4) is 0 Å². The molecular formula is C18H24N4O. The molecule has 0 spiro atoms. The number of ether oxygens (including phenoxy) is 1. The summed E-state index contributed by atoms with van der Waals surface area (Å²) in [4.78, 5) is 10.7. The van der Waals surface area contributed by atoms with Crippen LogP contribution in [0.4, 0.5) is 0 Å². The monoisotopic (exact) mass is 312 g/mol. The van der Waals surface area contributed by atoms with E-state index in [-0.39, 0.29) is 0 Å². The minimum atomic E-state index is 0.613. The van der Waals surface area contributed by atoms with Crippen molar-refractivity contribution in [2.45, 2.75) is 6.42 Å². The molecule has 1 aromatic carbocycles. The summed E-state index contributed by atoms with van der Waals surface area (Å²) >= 11 is 0. The van der Waals surface area contributed by atoms with Crippen molar-refractivity contribution in [2.24, 2.45) is 4.99 Å². The topological polar surface area (TPSA) is 49.8 Å². The number of rotatable bonds is 7. The van der Waals surface area contributed by atoms with Crippen molar-refractivity contribution in [1.29, 1.82) is 0 Å². The summed E-state index contributed by atoms with van der Waals surface area (Å²) in [5.74, 6) is 1.75. The summed E-state index contributed by atoms with van der Waals surface area (Å²) < 4.78 is 5.71. The van der Waals surface area contributed by atoms with Crippen molar-refractivity contribution in [3.63, 3.8) is 0 Å². The Kier molecular flexibility index (Phi) is 6.91. The van der Waals surface area contributed by atoms with Gasteiger partial charge < -0.3 is 15.0 Å². The van der Waals surface area contributed by atoms with Gasteiger partial charge in [-0.1, -0.05) is 24.3 Å². The van der Waals surface area contributed by atoms with Crippen LogP contribution in [0.15, 0.2) is 59.7 Å². The summed E-state index contributed by atoms with van der Waals surface area (Å²) in [5.41, 5.74) is 1.07. The Labute approximate surface area is 138 Å². The minimum absolute atomic E-state index is 0.613. The van der Waals surface area contributed by atoms with Crippen molar-refractivity contribution in [3.05, 3.63) is 60.4 Å². The van der Waals surface area contributed by atoms with Gasteiger partial charge in [0.2, 0.25) is 0 Å². The van der Waals surface area contributed by atoms with E-state index in [4.69, 9.17) is 4.74 Å². The van der Waals surface area contributed by atoms with Gasteiger partial charge in [0.1, 0.15) is 12.4 Å². The number of guanidine groups is 1. The van der Waals surface area contributed by atoms with Crippen molar-refractivity contribution in [2.75, 3.05) is 33.8 Å². The molecule has 0 saturated carbocycles. The van der Waals surface area contributed by atoms with Crippen molar-refractivity contribution < 1.29 is 4.74 Å². The molecule has 2 rings (SSSR count). The van der Waals surface area contributed by atoms with Crippen molar-refractivity contribution in [3.8, 4) is 5.75 Å². The SMILES string of the molecule is CN=C(NCCc1ccccn1)N(C)CCOc1ccccc1. The Hall–Kier alpha value is -2.56. The van der Waals surface area contributed by atoms with E-state index in [1.165, 1.54) is 0 Å². The van der Waals surface area contributed by atoms with E-state index in [2.05, 4.69) is 20.2 Å². The Morgan fingerprint density at radius 1 is 1.17 bits per heavy atom. The predicted octanol–water partition coefficient (Wildman–Crippen LogP) is 2.21. The molecule has 0 saturated heterocycles. The van der Waals surface area contributed by atoms with E-state index < -0.39 is 0 Å². The van der Waals surface area contributed by atoms with Crippen LogP contribution < -0.4 is 10.1 Å². The van der Waals surface area contributed by atoms with E-state index in [1.807, 2.05) is 61.8 Å². The van der Waals surface area contributed by atoms with Crippen LogP contribution >= 0.6 is 0 Å². The summed E-state index contributed by atoms with van der Waals surface area (Å²) in [6.45, 7) is 2.17. The smallest absolute Gasteiger partial charge is 0.193 e. The number of nitrogens with zero attached hydrogens (tertiary/aromatic N) is 3. The Morgan fingerprint density at radius 2 is 1.96 bits per heavy atom. The number of nitrogens with one attached hydrogen (secondary N) is 1. The number of hydrogen-bond donors (Lipinski definition) is 1. The number of aromatic nitrogens is 1. The third kappa shape index (κ3) is 5.98. The maximum atomic E-state index is 5.71. The van der Waals surface area contributed by atoms with Gasteiger partial charge in [-0.25, -0.2) is 0 Å². The third-order valence-corrected chi connectivity index (χ3v) is 3.40. The van der Waals surface area contributed by atoms with E-state index in [0.717, 1.165) is 36.9 Å². The molecule has 23 heavy (non-hydrogen) atoms. The second kappa shape index (κ2) is 9.46. The minimum Gasteiger partial charge on any atom is -0.492 e. The first kappa shape index (κ1) is 16.8. The molecule has 0 fully saturated rings. The second-order valence-corrected chi connectivity index (χ2v) is 5.13. The first-order chi connectivity index (χ1) is 11.3. The number of para-hydroxylation sites is 1. The first-order valence-corrected chi connectivity index (χ1v) is 7.79. The third-order valence-electron chi connectivity index (χ3n) is 3.40. The van der Waals surface area contributed by atoms with Gasteiger partial charge in [-0.15, -0.1) is 0 Å². The fourth-order valence-electron chi connectivity index (χ4n) is 2.16. The van der Waals surface area contributed by atoms with E-state index in [0.29, 0.717) is 6.61 Å². The van der Waals surface area contributed by atoms with Crippen LogP contribution in [0, 0.1) is 0 Å². The molecule has 5 nitrogen and oxygen atoms in total. The zero-order valence-corrected chi connectivity index (χ0v) is 13.8. The highest BCUT2D eigenvalue weighted by Crippen LogP contribution is 2.07. The molecule has 0 atom stereocenters. The molecule has 5 heteroatoms. The molecule has 1 heterocycles. The van der Waals surface area contributed by atoms with Gasteiger partial charge in [0.15, 0.2) is 5.96 Å². The van der Waals surface area contributed by atoms with Crippen LogP contribution in [0.2, 0.25) is 0 Å². The lowest BCUT2D eigenvalue weighted by Gasteiger charge is -2.22. The molecule has 122 valence electrons. The molecule has 0 radical (unpaired) electrons. The molecule has 1 N–H and O–H groups in total. The zero-order chi connectivity index (χ0) is 16.3. The quantitative estimate of drug-likeness (QED) is 0.629. The average Bonchev–Trinajstić information content (AvgIpc) is 2.60. The van der Waals surface area contributed by atoms with E-state index in [1.54, 1.807) is 7.05 Å². The number of likely N-dealkylation sites (N-methyl/N-ethyl adjacent to an activating group) is 1. The largest absolute Gasteiger partial charge is 0.492 e. The van der Waals surface area contributed by atoms with Crippen molar-refractivity contribution >= 4 is 5.96 Å². The average molecular weight is 312 g/mol. The number of hydrogen-bond acceptors (Lipinski definition) is 3. The fraction of sp³-hybridized carbons (Fsp3) is 0.333. The highest BCUT2D eigenvalue weighted by Gasteiger charge is 2.05. The fourth-order valence-corrected chi connectivity index (χ4v) is 2.16. The van der Waals surface area contributed by atoms with Gasteiger partial charge in [0.25, 0.3) is 0 Å². The molecule has 0 aliphatic carbocycles. The van der Waals surface area contributed by atoms with Gasteiger partial charge in [-0.05, 0) is 24.3 Å². The molecule has 2 aromatic rings. The normalized spacial score (nSPS) is 11.1. The van der Waals surface area contributed by atoms with Crippen LogP contribution in [0.1, 0.15) is 5.69 Å². The second-order valence-electron chi connectivity index (χ2n) is 5.13. The number of benzene rings is 1. The highest BCUT2D eigenvalue weighted by molar-refractivity contribution is 5.79. The molecule has 0 bridgehead atoms. The van der Waals surface area contributed by atoms with Gasteiger partial charge in [-0.3, -0.25) is 9.98 Å². The van der Waals surface area contributed by atoms with Gasteiger partial charge in [0, 0.05) is 39.0 Å². The van der Waals surface area contributed by atoms with Crippen LogP contribution in [-0.2, 0) is 6.42 Å². The Balaban J connectivity index is 1.70. The highest BCUT2D eigenvalue weighted by atomic mass is 16.5. The van der Waals surface area contributed by atoms with Crippen molar-refractivity contribution in [1.82, 2.24) is 15.2 Å². The Bertz CT molecular complexity index is 586.